The fraction of sp³-hybridized carbons (Fsp3) is 0.200. The number of rotatable bonds is 3. The lowest BCUT2D eigenvalue weighted by Crippen LogP contribution is -2.16. The maximum absolute atomic E-state index is 12.2. The van der Waals surface area contributed by atoms with Crippen LogP contribution in [0.1, 0.15) is 23.0 Å². The monoisotopic (exact) mass is 365 g/mol. The number of aryl methyl sites for hydroxylation is 2. The normalized spacial score (nSPS) is 12.0. The van der Waals surface area contributed by atoms with Gasteiger partial charge in [-0.25, -0.2) is 0 Å². The highest BCUT2D eigenvalue weighted by Crippen LogP contribution is 2.28. The standard InChI is InChI=1S/C15H12ClN3O4S/c1-3-18-12-8(2)4-5-9(16)13(12)24-15(18)17-14(20)10-6-7-11(23-10)19(21)22/h4-7H,3H2,1-2H3. The zero-order valence-corrected chi connectivity index (χ0v) is 14.3. The second-order valence-corrected chi connectivity index (χ2v) is 6.37. The van der Waals surface area contributed by atoms with Crippen molar-refractivity contribution >= 4 is 44.9 Å². The Morgan fingerprint density at radius 1 is 1.42 bits per heavy atom. The van der Waals surface area contributed by atoms with E-state index in [0.717, 1.165) is 21.8 Å². The molecule has 0 aliphatic heterocycles. The van der Waals surface area contributed by atoms with Crippen LogP contribution in [0.25, 0.3) is 10.2 Å². The molecule has 0 fully saturated rings. The average molecular weight is 366 g/mol. The molecule has 0 radical (unpaired) electrons. The van der Waals surface area contributed by atoms with E-state index in [1.54, 1.807) is 6.07 Å². The maximum atomic E-state index is 12.2. The molecule has 0 aliphatic rings. The Morgan fingerprint density at radius 2 is 2.17 bits per heavy atom. The Hall–Kier alpha value is -2.45. The summed E-state index contributed by atoms with van der Waals surface area (Å²) in [6, 6.07) is 6.08. The third-order valence-electron chi connectivity index (χ3n) is 3.48. The smallest absolute Gasteiger partial charge is 0.395 e. The molecule has 2 aromatic heterocycles. The number of nitro groups is 1. The highest BCUT2D eigenvalue weighted by atomic mass is 35.5. The van der Waals surface area contributed by atoms with Gasteiger partial charge in [0.05, 0.1) is 21.3 Å². The van der Waals surface area contributed by atoms with Gasteiger partial charge in [-0.05, 0) is 31.5 Å². The van der Waals surface area contributed by atoms with Crippen LogP contribution in [0.5, 0.6) is 0 Å². The first-order valence-electron chi connectivity index (χ1n) is 7.04. The van der Waals surface area contributed by atoms with Crippen molar-refractivity contribution in [1.29, 1.82) is 0 Å². The Morgan fingerprint density at radius 3 is 2.79 bits per heavy atom. The summed E-state index contributed by atoms with van der Waals surface area (Å²) >= 11 is 7.53. The molecule has 0 N–H and O–H groups in total. The van der Waals surface area contributed by atoms with Crippen LogP contribution in [-0.4, -0.2) is 15.4 Å². The van der Waals surface area contributed by atoms with E-state index >= 15 is 0 Å². The van der Waals surface area contributed by atoms with E-state index in [0.29, 0.717) is 16.4 Å². The largest absolute Gasteiger partial charge is 0.433 e. The van der Waals surface area contributed by atoms with Crippen molar-refractivity contribution in [1.82, 2.24) is 4.57 Å². The molecular formula is C15H12ClN3O4S. The van der Waals surface area contributed by atoms with Crippen molar-refractivity contribution < 1.29 is 14.1 Å². The van der Waals surface area contributed by atoms with E-state index < -0.39 is 16.7 Å². The highest BCUT2D eigenvalue weighted by Gasteiger charge is 2.18. The first kappa shape index (κ1) is 16.4. The first-order chi connectivity index (χ1) is 11.4. The summed E-state index contributed by atoms with van der Waals surface area (Å²) in [6.45, 7) is 4.50. The summed E-state index contributed by atoms with van der Waals surface area (Å²) in [6.07, 6.45) is 0. The molecule has 7 nitrogen and oxygen atoms in total. The molecule has 0 aliphatic carbocycles. The van der Waals surface area contributed by atoms with E-state index in [2.05, 4.69) is 4.99 Å². The molecule has 0 saturated heterocycles. The van der Waals surface area contributed by atoms with Gasteiger partial charge in [-0.15, -0.1) is 0 Å². The molecule has 0 bridgehead atoms. The van der Waals surface area contributed by atoms with Crippen molar-refractivity contribution in [2.45, 2.75) is 20.4 Å². The molecule has 124 valence electrons. The second-order valence-electron chi connectivity index (χ2n) is 4.98. The summed E-state index contributed by atoms with van der Waals surface area (Å²) in [5.41, 5.74) is 1.95. The Labute approximate surface area is 145 Å². The van der Waals surface area contributed by atoms with Crippen LogP contribution < -0.4 is 4.80 Å². The molecule has 0 atom stereocenters. The van der Waals surface area contributed by atoms with Crippen LogP contribution in [0.15, 0.2) is 33.7 Å². The summed E-state index contributed by atoms with van der Waals surface area (Å²) in [4.78, 5) is 26.7. The SMILES string of the molecule is CCn1c(=NC(=O)c2ccc([N+](=O)[O-])o2)sc2c(Cl)ccc(C)c21. The Balaban J connectivity index is 2.15. The van der Waals surface area contributed by atoms with Crippen LogP contribution >= 0.6 is 22.9 Å². The van der Waals surface area contributed by atoms with Crippen molar-refractivity contribution in [3.8, 4) is 0 Å². The molecule has 1 amide bonds. The van der Waals surface area contributed by atoms with E-state index in [1.807, 2.05) is 24.5 Å². The number of hydrogen-bond donors (Lipinski definition) is 0. The van der Waals surface area contributed by atoms with Crippen molar-refractivity contribution in [2.75, 3.05) is 0 Å². The van der Waals surface area contributed by atoms with Crippen LogP contribution in [-0.2, 0) is 6.54 Å². The van der Waals surface area contributed by atoms with Crippen molar-refractivity contribution in [3.63, 3.8) is 0 Å². The fourth-order valence-corrected chi connectivity index (χ4v) is 3.82. The molecule has 24 heavy (non-hydrogen) atoms. The van der Waals surface area contributed by atoms with Gasteiger partial charge >= 0.3 is 11.8 Å². The summed E-state index contributed by atoms with van der Waals surface area (Å²) in [7, 11) is 0. The Bertz CT molecular complexity index is 1030. The lowest BCUT2D eigenvalue weighted by Gasteiger charge is -2.03. The molecule has 0 unspecified atom stereocenters. The summed E-state index contributed by atoms with van der Waals surface area (Å²) < 4.78 is 7.63. The quantitative estimate of drug-likeness (QED) is 0.519. The number of hydrogen-bond acceptors (Lipinski definition) is 5. The van der Waals surface area contributed by atoms with E-state index in [-0.39, 0.29) is 5.76 Å². The fourth-order valence-electron chi connectivity index (χ4n) is 2.38. The summed E-state index contributed by atoms with van der Waals surface area (Å²) in [5, 5.41) is 11.2. The third-order valence-corrected chi connectivity index (χ3v) is 5.01. The van der Waals surface area contributed by atoms with E-state index in [1.165, 1.54) is 17.4 Å². The second kappa shape index (κ2) is 6.21. The van der Waals surface area contributed by atoms with Crippen molar-refractivity contribution in [3.05, 3.63) is 55.5 Å². The van der Waals surface area contributed by atoms with Gasteiger partial charge in [0.15, 0.2) is 4.80 Å². The van der Waals surface area contributed by atoms with Gasteiger partial charge in [-0.3, -0.25) is 14.9 Å². The number of furan rings is 1. The Kier molecular flexibility index (Phi) is 4.25. The molecule has 0 spiro atoms. The van der Waals surface area contributed by atoms with Gasteiger partial charge in [0.1, 0.15) is 4.92 Å². The van der Waals surface area contributed by atoms with Gasteiger partial charge in [0.25, 0.3) is 0 Å². The summed E-state index contributed by atoms with van der Waals surface area (Å²) in [5.74, 6) is -1.34. The number of aromatic nitrogens is 1. The van der Waals surface area contributed by atoms with Crippen molar-refractivity contribution in [2.24, 2.45) is 4.99 Å². The topological polar surface area (TPSA) is 90.6 Å². The maximum Gasteiger partial charge on any atom is 0.433 e. The molecule has 3 aromatic rings. The molecule has 1 aromatic carbocycles. The predicted molar refractivity (Wildman–Crippen MR) is 90.5 cm³/mol. The average Bonchev–Trinajstić information content (AvgIpc) is 3.16. The van der Waals surface area contributed by atoms with E-state index in [9.17, 15) is 14.9 Å². The lowest BCUT2D eigenvalue weighted by atomic mass is 10.2. The number of amides is 1. The number of benzene rings is 1. The molecule has 3 rings (SSSR count). The van der Waals surface area contributed by atoms with Crippen LogP contribution in [0.3, 0.4) is 0 Å². The minimum atomic E-state index is -0.703. The number of fused-ring (bicyclic) bond motifs is 1. The van der Waals surface area contributed by atoms with Gasteiger partial charge in [-0.1, -0.05) is 29.0 Å². The number of nitrogens with zero attached hydrogens (tertiary/aromatic N) is 3. The zero-order chi connectivity index (χ0) is 17.4. The predicted octanol–water partition coefficient (Wildman–Crippen LogP) is 3.93. The van der Waals surface area contributed by atoms with Crippen LogP contribution in [0.2, 0.25) is 5.02 Å². The minimum Gasteiger partial charge on any atom is -0.395 e. The number of carbonyl (C=O) groups is 1. The van der Waals surface area contributed by atoms with E-state index in [4.69, 9.17) is 16.0 Å². The zero-order valence-electron chi connectivity index (χ0n) is 12.8. The van der Waals surface area contributed by atoms with Gasteiger partial charge in [-0.2, -0.15) is 4.99 Å². The first-order valence-corrected chi connectivity index (χ1v) is 8.23. The molecule has 0 saturated carbocycles. The van der Waals surface area contributed by atoms with Gasteiger partial charge in [0, 0.05) is 6.54 Å². The lowest BCUT2D eigenvalue weighted by molar-refractivity contribution is -0.402. The number of halogens is 1. The van der Waals surface area contributed by atoms with Gasteiger partial charge < -0.3 is 8.98 Å². The van der Waals surface area contributed by atoms with Crippen LogP contribution in [0, 0.1) is 17.0 Å². The number of thiazole rings is 1. The molecule has 9 heteroatoms. The van der Waals surface area contributed by atoms with Gasteiger partial charge in [0.2, 0.25) is 5.76 Å². The van der Waals surface area contributed by atoms with Crippen LogP contribution in [0.4, 0.5) is 5.88 Å². The highest BCUT2D eigenvalue weighted by molar-refractivity contribution is 7.17. The molecular weight excluding hydrogens is 354 g/mol. The minimum absolute atomic E-state index is 0.176. The molecule has 2 heterocycles. The third kappa shape index (κ3) is 2.74. The number of carbonyl (C=O) groups excluding carboxylic acids is 1.